The number of fused-ring (bicyclic) bond motifs is 2. The average molecular weight is 335 g/mol. The maximum Gasteiger partial charge on any atom is 0.0908 e. The van der Waals surface area contributed by atoms with E-state index >= 15 is 0 Å². The number of H-pyrrole nitrogens is 2. The number of rotatable bonds is 0. The quantitative estimate of drug-likeness (QED) is 0.432. The van der Waals surface area contributed by atoms with Crippen LogP contribution in [-0.4, -0.2) is 9.97 Å². The van der Waals surface area contributed by atoms with E-state index in [1.807, 2.05) is 18.2 Å². The second kappa shape index (κ2) is 4.83. The lowest BCUT2D eigenvalue weighted by molar-refractivity contribution is 1.40. The molecule has 4 aromatic rings. The Bertz CT molecular complexity index is 979. The summed E-state index contributed by atoms with van der Waals surface area (Å²) in [6, 6.07) is 18.5. The summed E-state index contributed by atoms with van der Waals surface area (Å²) < 4.78 is 1.06. The molecule has 0 fully saturated rings. The number of aromatic amines is 2. The molecule has 0 bridgehead atoms. The summed E-state index contributed by atoms with van der Waals surface area (Å²) >= 11 is 3.48. The normalized spacial score (nSPS) is 10.7. The standard InChI is InChI=1S/C18H11BrN2/c19-14-6-5-13-10-16(21-18(13)11-14)8-7-15-9-12-3-1-2-4-17(12)20-15/h1-6,9-11,20-21H. The third-order valence-corrected chi connectivity index (χ3v) is 3.94. The van der Waals surface area contributed by atoms with Crippen LogP contribution in [0.5, 0.6) is 0 Å². The molecule has 2 nitrogen and oxygen atoms in total. The second-order valence-corrected chi connectivity index (χ2v) is 5.85. The van der Waals surface area contributed by atoms with Crippen molar-refractivity contribution in [2.75, 3.05) is 0 Å². The Kier molecular flexibility index (Phi) is 2.83. The third-order valence-electron chi connectivity index (χ3n) is 3.45. The van der Waals surface area contributed by atoms with Crippen molar-refractivity contribution in [1.82, 2.24) is 9.97 Å². The molecule has 0 spiro atoms. The molecule has 0 radical (unpaired) electrons. The first-order valence-corrected chi connectivity index (χ1v) is 7.45. The molecule has 0 atom stereocenters. The van der Waals surface area contributed by atoms with E-state index in [1.165, 1.54) is 10.8 Å². The van der Waals surface area contributed by atoms with E-state index < -0.39 is 0 Å². The van der Waals surface area contributed by atoms with Gasteiger partial charge in [-0.2, -0.15) is 0 Å². The fourth-order valence-corrected chi connectivity index (χ4v) is 2.80. The molecule has 3 heteroatoms. The highest BCUT2D eigenvalue weighted by molar-refractivity contribution is 9.10. The van der Waals surface area contributed by atoms with E-state index in [4.69, 9.17) is 0 Å². The number of nitrogens with one attached hydrogen (secondary N) is 2. The van der Waals surface area contributed by atoms with Crippen molar-refractivity contribution >= 4 is 37.7 Å². The summed E-state index contributed by atoms with van der Waals surface area (Å²) in [7, 11) is 0. The van der Waals surface area contributed by atoms with Crippen LogP contribution in [0.25, 0.3) is 21.8 Å². The highest BCUT2D eigenvalue weighted by atomic mass is 79.9. The van der Waals surface area contributed by atoms with Gasteiger partial charge in [0.05, 0.1) is 11.4 Å². The molecule has 0 saturated carbocycles. The van der Waals surface area contributed by atoms with Crippen molar-refractivity contribution < 1.29 is 0 Å². The number of aromatic nitrogens is 2. The van der Waals surface area contributed by atoms with Gasteiger partial charge in [-0.3, -0.25) is 0 Å². The van der Waals surface area contributed by atoms with Crippen LogP contribution in [0.1, 0.15) is 11.4 Å². The molecular formula is C18H11BrN2. The summed E-state index contributed by atoms with van der Waals surface area (Å²) in [4.78, 5) is 6.64. The van der Waals surface area contributed by atoms with Gasteiger partial charge in [0.2, 0.25) is 0 Å². The Morgan fingerprint density at radius 2 is 1.38 bits per heavy atom. The van der Waals surface area contributed by atoms with Crippen LogP contribution in [0, 0.1) is 11.8 Å². The van der Waals surface area contributed by atoms with Gasteiger partial charge < -0.3 is 9.97 Å². The molecule has 100 valence electrons. The predicted molar refractivity (Wildman–Crippen MR) is 90.3 cm³/mol. The fraction of sp³-hybridized carbons (Fsp3) is 0. The summed E-state index contributed by atoms with van der Waals surface area (Å²) in [5.74, 6) is 6.36. The Labute approximate surface area is 130 Å². The lowest BCUT2D eigenvalue weighted by atomic mass is 10.2. The lowest BCUT2D eigenvalue weighted by Gasteiger charge is -1.89. The molecule has 2 aromatic carbocycles. The molecule has 2 N–H and O–H groups in total. The molecule has 4 rings (SSSR count). The molecule has 0 saturated heterocycles. The molecule has 21 heavy (non-hydrogen) atoms. The Hall–Kier alpha value is -2.44. The summed E-state index contributed by atoms with van der Waals surface area (Å²) in [5.41, 5.74) is 4.05. The van der Waals surface area contributed by atoms with Crippen LogP contribution in [0.2, 0.25) is 0 Å². The molecular weight excluding hydrogens is 324 g/mol. The largest absolute Gasteiger partial charge is 0.348 e. The van der Waals surface area contributed by atoms with Crippen molar-refractivity contribution in [3.05, 3.63) is 70.5 Å². The zero-order valence-corrected chi connectivity index (χ0v) is 12.7. The average Bonchev–Trinajstić information content (AvgIpc) is 3.07. The third kappa shape index (κ3) is 2.35. The van der Waals surface area contributed by atoms with Crippen molar-refractivity contribution in [3.8, 4) is 11.8 Å². The van der Waals surface area contributed by atoms with Crippen molar-refractivity contribution in [2.45, 2.75) is 0 Å². The Morgan fingerprint density at radius 3 is 2.14 bits per heavy atom. The van der Waals surface area contributed by atoms with E-state index in [9.17, 15) is 0 Å². The predicted octanol–water partition coefficient (Wildman–Crippen LogP) is 4.81. The van der Waals surface area contributed by atoms with Crippen LogP contribution in [0.3, 0.4) is 0 Å². The monoisotopic (exact) mass is 334 g/mol. The number of hydrogen-bond donors (Lipinski definition) is 2. The van der Waals surface area contributed by atoms with Gasteiger partial charge in [-0.1, -0.05) is 40.2 Å². The van der Waals surface area contributed by atoms with E-state index in [1.54, 1.807) is 0 Å². The van der Waals surface area contributed by atoms with Crippen LogP contribution in [0.15, 0.2) is 59.1 Å². The summed E-state index contributed by atoms with van der Waals surface area (Å²) in [5, 5.41) is 2.35. The maximum absolute atomic E-state index is 3.48. The zero-order chi connectivity index (χ0) is 14.2. The lowest BCUT2D eigenvalue weighted by Crippen LogP contribution is -1.74. The van der Waals surface area contributed by atoms with Crippen LogP contribution in [-0.2, 0) is 0 Å². The summed E-state index contributed by atoms with van der Waals surface area (Å²) in [6.07, 6.45) is 0. The van der Waals surface area contributed by atoms with Crippen LogP contribution in [0.4, 0.5) is 0 Å². The smallest absolute Gasteiger partial charge is 0.0908 e. The SMILES string of the molecule is Brc1ccc2cc(C#Cc3cc4ccccc4[nH]3)[nH]c2c1. The fourth-order valence-electron chi connectivity index (χ4n) is 2.44. The Balaban J connectivity index is 1.74. The van der Waals surface area contributed by atoms with E-state index in [-0.39, 0.29) is 0 Å². The van der Waals surface area contributed by atoms with E-state index in [2.05, 4.69) is 74.1 Å². The van der Waals surface area contributed by atoms with Gasteiger partial charge in [-0.25, -0.2) is 0 Å². The first-order chi connectivity index (χ1) is 10.3. The molecule has 0 amide bonds. The Morgan fingerprint density at radius 1 is 0.714 bits per heavy atom. The number of benzene rings is 2. The number of halogens is 1. The van der Waals surface area contributed by atoms with Gasteiger partial charge in [0.1, 0.15) is 0 Å². The second-order valence-electron chi connectivity index (χ2n) is 4.93. The van der Waals surface area contributed by atoms with Crippen LogP contribution < -0.4 is 0 Å². The molecule has 0 aliphatic heterocycles. The van der Waals surface area contributed by atoms with E-state index in [0.29, 0.717) is 0 Å². The molecule has 0 aliphatic rings. The first-order valence-electron chi connectivity index (χ1n) is 6.66. The first kappa shape index (κ1) is 12.3. The van der Waals surface area contributed by atoms with Gasteiger partial charge in [0.15, 0.2) is 0 Å². The van der Waals surface area contributed by atoms with Crippen LogP contribution >= 0.6 is 15.9 Å². The maximum atomic E-state index is 3.48. The minimum atomic E-state index is 0.918. The molecule has 2 heterocycles. The van der Waals surface area contributed by atoms with Crippen molar-refractivity contribution in [2.24, 2.45) is 0 Å². The van der Waals surface area contributed by atoms with E-state index in [0.717, 1.165) is 26.9 Å². The van der Waals surface area contributed by atoms with Gasteiger partial charge in [0, 0.05) is 26.3 Å². The van der Waals surface area contributed by atoms with Crippen molar-refractivity contribution in [3.63, 3.8) is 0 Å². The van der Waals surface area contributed by atoms with Gasteiger partial charge in [-0.05, 0) is 42.2 Å². The minimum absolute atomic E-state index is 0.918. The minimum Gasteiger partial charge on any atom is -0.348 e. The number of hydrogen-bond acceptors (Lipinski definition) is 0. The number of para-hydroxylation sites is 1. The summed E-state index contributed by atoms with van der Waals surface area (Å²) in [6.45, 7) is 0. The van der Waals surface area contributed by atoms with Crippen molar-refractivity contribution in [1.29, 1.82) is 0 Å². The molecule has 2 aromatic heterocycles. The van der Waals surface area contributed by atoms with Gasteiger partial charge in [-0.15, -0.1) is 0 Å². The highest BCUT2D eigenvalue weighted by Crippen LogP contribution is 2.20. The zero-order valence-electron chi connectivity index (χ0n) is 11.1. The highest BCUT2D eigenvalue weighted by Gasteiger charge is 2.00. The molecule has 0 unspecified atom stereocenters. The van der Waals surface area contributed by atoms with Gasteiger partial charge in [0.25, 0.3) is 0 Å². The molecule has 0 aliphatic carbocycles. The topological polar surface area (TPSA) is 31.6 Å². The van der Waals surface area contributed by atoms with Gasteiger partial charge >= 0.3 is 0 Å².